The summed E-state index contributed by atoms with van der Waals surface area (Å²) in [6, 6.07) is 8.71. The summed E-state index contributed by atoms with van der Waals surface area (Å²) in [7, 11) is -3.25. The first kappa shape index (κ1) is 14.4. The summed E-state index contributed by atoms with van der Waals surface area (Å²) in [5, 5.41) is 6.88. The topological polar surface area (TPSA) is 84.2 Å². The average Bonchev–Trinajstić information content (AvgIpc) is 2.77. The molecule has 6 nitrogen and oxygen atoms in total. The van der Waals surface area contributed by atoms with Crippen LogP contribution in [-0.2, 0) is 10.0 Å². The minimum atomic E-state index is -3.25. The Kier molecular flexibility index (Phi) is 4.29. The van der Waals surface area contributed by atoms with E-state index >= 15 is 0 Å². The van der Waals surface area contributed by atoms with E-state index in [0.717, 1.165) is 11.4 Å². The van der Waals surface area contributed by atoms with Gasteiger partial charge < -0.3 is 9.84 Å². The van der Waals surface area contributed by atoms with Gasteiger partial charge in [-0.15, -0.1) is 0 Å². The second-order valence-corrected chi connectivity index (χ2v) is 6.29. The van der Waals surface area contributed by atoms with Crippen LogP contribution in [0, 0.1) is 6.92 Å². The van der Waals surface area contributed by atoms with Crippen molar-refractivity contribution in [2.75, 3.05) is 15.8 Å². The van der Waals surface area contributed by atoms with Gasteiger partial charge in [0.05, 0.1) is 5.75 Å². The summed E-state index contributed by atoms with van der Waals surface area (Å²) in [6.45, 7) is 3.63. The Bertz CT molecular complexity index is 662. The monoisotopic (exact) mass is 295 g/mol. The van der Waals surface area contributed by atoms with Crippen LogP contribution in [0.15, 0.2) is 34.9 Å². The molecule has 1 aromatic heterocycles. The van der Waals surface area contributed by atoms with Gasteiger partial charge in [-0.3, -0.25) is 4.72 Å². The van der Waals surface area contributed by atoms with Gasteiger partial charge in [0.25, 0.3) is 0 Å². The van der Waals surface area contributed by atoms with Gasteiger partial charge in [-0.25, -0.2) is 8.42 Å². The third-order valence-corrected chi connectivity index (χ3v) is 4.02. The summed E-state index contributed by atoms with van der Waals surface area (Å²) in [4.78, 5) is 0. The highest BCUT2D eigenvalue weighted by atomic mass is 32.2. The van der Waals surface area contributed by atoms with E-state index in [1.165, 1.54) is 0 Å². The van der Waals surface area contributed by atoms with Gasteiger partial charge in [0, 0.05) is 17.4 Å². The SMILES string of the molecule is CCCS(=O)(=O)Nc1ccc(Nc2cc(C)on2)cc1. The molecule has 0 amide bonds. The Hall–Kier alpha value is -2.02. The number of nitrogens with zero attached hydrogens (tertiary/aromatic N) is 1. The molecule has 108 valence electrons. The van der Waals surface area contributed by atoms with Crippen molar-refractivity contribution in [1.82, 2.24) is 5.16 Å². The predicted molar refractivity (Wildman–Crippen MR) is 78.7 cm³/mol. The van der Waals surface area contributed by atoms with Gasteiger partial charge in [-0.05, 0) is 37.6 Å². The van der Waals surface area contributed by atoms with Crippen molar-refractivity contribution in [2.45, 2.75) is 20.3 Å². The van der Waals surface area contributed by atoms with Crippen molar-refractivity contribution >= 4 is 27.2 Å². The Morgan fingerprint density at radius 3 is 2.40 bits per heavy atom. The molecule has 0 saturated heterocycles. The first-order valence-electron chi connectivity index (χ1n) is 6.29. The second kappa shape index (κ2) is 5.96. The van der Waals surface area contributed by atoms with Crippen molar-refractivity contribution in [3.8, 4) is 0 Å². The van der Waals surface area contributed by atoms with E-state index in [4.69, 9.17) is 4.52 Å². The maximum Gasteiger partial charge on any atom is 0.232 e. The number of nitrogens with one attached hydrogen (secondary N) is 2. The average molecular weight is 295 g/mol. The number of hydrogen-bond donors (Lipinski definition) is 2. The number of aromatic nitrogens is 1. The third-order valence-electron chi connectivity index (χ3n) is 2.53. The van der Waals surface area contributed by atoms with Crippen LogP contribution in [0.25, 0.3) is 0 Å². The first-order chi connectivity index (χ1) is 9.48. The van der Waals surface area contributed by atoms with Crippen molar-refractivity contribution in [1.29, 1.82) is 0 Å². The van der Waals surface area contributed by atoms with Gasteiger partial charge in [0.15, 0.2) is 5.82 Å². The molecule has 0 radical (unpaired) electrons. The maximum absolute atomic E-state index is 11.6. The molecule has 2 rings (SSSR count). The molecule has 0 unspecified atom stereocenters. The molecule has 0 aliphatic carbocycles. The number of hydrogen-bond acceptors (Lipinski definition) is 5. The van der Waals surface area contributed by atoms with E-state index in [2.05, 4.69) is 15.2 Å². The molecule has 0 saturated carbocycles. The van der Waals surface area contributed by atoms with Crippen molar-refractivity contribution in [3.63, 3.8) is 0 Å². The Balaban J connectivity index is 2.03. The van der Waals surface area contributed by atoms with E-state index < -0.39 is 10.0 Å². The van der Waals surface area contributed by atoms with Gasteiger partial charge in [-0.1, -0.05) is 12.1 Å². The standard InChI is InChI=1S/C13H17N3O3S/c1-3-8-20(17,18)16-12-6-4-11(5-7-12)14-13-9-10(2)19-15-13/h4-7,9,16H,3,8H2,1-2H3,(H,14,15). The molecule has 0 aliphatic heterocycles. The van der Waals surface area contributed by atoms with Crippen LogP contribution in [0.5, 0.6) is 0 Å². The number of benzene rings is 1. The minimum absolute atomic E-state index is 0.116. The summed E-state index contributed by atoms with van der Waals surface area (Å²) in [6.07, 6.45) is 0.584. The summed E-state index contributed by atoms with van der Waals surface area (Å²) < 4.78 is 30.7. The highest BCUT2D eigenvalue weighted by Gasteiger charge is 2.08. The van der Waals surface area contributed by atoms with Gasteiger partial charge in [0.1, 0.15) is 5.76 Å². The smallest absolute Gasteiger partial charge is 0.232 e. The van der Waals surface area contributed by atoms with E-state index in [1.54, 1.807) is 30.3 Å². The van der Waals surface area contributed by atoms with Crippen LogP contribution in [0.4, 0.5) is 17.2 Å². The van der Waals surface area contributed by atoms with Crippen LogP contribution in [0.2, 0.25) is 0 Å². The van der Waals surface area contributed by atoms with Crippen molar-refractivity contribution in [2.24, 2.45) is 0 Å². The molecule has 20 heavy (non-hydrogen) atoms. The normalized spacial score (nSPS) is 11.3. The lowest BCUT2D eigenvalue weighted by Gasteiger charge is -2.08. The Morgan fingerprint density at radius 2 is 1.85 bits per heavy atom. The minimum Gasteiger partial charge on any atom is -0.360 e. The van der Waals surface area contributed by atoms with Gasteiger partial charge in [-0.2, -0.15) is 0 Å². The molecule has 1 aromatic carbocycles. The fraction of sp³-hybridized carbons (Fsp3) is 0.308. The molecule has 2 aromatic rings. The van der Waals surface area contributed by atoms with Crippen LogP contribution >= 0.6 is 0 Å². The largest absolute Gasteiger partial charge is 0.360 e. The molecule has 0 spiro atoms. The zero-order valence-electron chi connectivity index (χ0n) is 11.4. The number of anilines is 3. The molecule has 0 bridgehead atoms. The molecule has 0 fully saturated rings. The molecular weight excluding hydrogens is 278 g/mol. The van der Waals surface area contributed by atoms with Crippen molar-refractivity contribution < 1.29 is 12.9 Å². The summed E-state index contributed by atoms with van der Waals surface area (Å²) in [5.74, 6) is 1.45. The van der Waals surface area contributed by atoms with E-state index in [9.17, 15) is 8.42 Å². The lowest BCUT2D eigenvalue weighted by molar-refractivity contribution is 0.400. The highest BCUT2D eigenvalue weighted by Crippen LogP contribution is 2.19. The molecule has 2 N–H and O–H groups in total. The second-order valence-electron chi connectivity index (χ2n) is 4.45. The zero-order chi connectivity index (χ0) is 14.6. The number of aryl methyl sites for hydroxylation is 1. The highest BCUT2D eigenvalue weighted by molar-refractivity contribution is 7.92. The summed E-state index contributed by atoms with van der Waals surface area (Å²) in [5.41, 5.74) is 1.34. The van der Waals surface area contributed by atoms with Gasteiger partial charge in [0.2, 0.25) is 10.0 Å². The Labute approximate surface area is 118 Å². The third kappa shape index (κ3) is 3.99. The predicted octanol–water partition coefficient (Wildman–Crippen LogP) is 2.88. The van der Waals surface area contributed by atoms with Crippen LogP contribution in [0.3, 0.4) is 0 Å². The molecular formula is C13H17N3O3S. The zero-order valence-corrected chi connectivity index (χ0v) is 12.2. The lowest BCUT2D eigenvalue weighted by atomic mass is 10.3. The van der Waals surface area contributed by atoms with Crippen LogP contribution < -0.4 is 10.0 Å². The number of sulfonamides is 1. The molecule has 7 heteroatoms. The lowest BCUT2D eigenvalue weighted by Crippen LogP contribution is -2.15. The van der Waals surface area contributed by atoms with Crippen molar-refractivity contribution in [3.05, 3.63) is 36.1 Å². The number of rotatable bonds is 6. The first-order valence-corrected chi connectivity index (χ1v) is 7.94. The molecule has 0 aliphatic rings. The maximum atomic E-state index is 11.6. The summed E-state index contributed by atoms with van der Waals surface area (Å²) >= 11 is 0. The van der Waals surface area contributed by atoms with E-state index in [-0.39, 0.29) is 5.75 Å². The molecule has 1 heterocycles. The quantitative estimate of drug-likeness (QED) is 0.856. The van der Waals surface area contributed by atoms with Crippen LogP contribution in [0.1, 0.15) is 19.1 Å². The molecule has 0 atom stereocenters. The fourth-order valence-corrected chi connectivity index (χ4v) is 2.83. The van der Waals surface area contributed by atoms with Crippen LogP contribution in [-0.4, -0.2) is 19.3 Å². The fourth-order valence-electron chi connectivity index (χ4n) is 1.69. The van der Waals surface area contributed by atoms with E-state index in [1.807, 2.05) is 13.8 Å². The van der Waals surface area contributed by atoms with Gasteiger partial charge >= 0.3 is 0 Å². The van der Waals surface area contributed by atoms with E-state index in [0.29, 0.717) is 17.9 Å². The Morgan fingerprint density at radius 1 is 1.20 bits per heavy atom.